The number of nitrogens with one attached hydrogen (secondary N) is 2. The van der Waals surface area contributed by atoms with Gasteiger partial charge in [0.15, 0.2) is 5.03 Å². The quantitative estimate of drug-likeness (QED) is 0.783. The van der Waals surface area contributed by atoms with Gasteiger partial charge in [-0.3, -0.25) is 4.72 Å². The van der Waals surface area contributed by atoms with Crippen molar-refractivity contribution < 1.29 is 12.8 Å². The maximum absolute atomic E-state index is 13.5. The van der Waals surface area contributed by atoms with Crippen LogP contribution in [0, 0.1) is 12.7 Å². The predicted molar refractivity (Wildman–Crippen MR) is 68.4 cm³/mol. The normalized spacial score (nSPS) is 11.5. The second kappa shape index (κ2) is 4.98. The third-order valence-electron chi connectivity index (χ3n) is 2.54. The smallest absolute Gasteiger partial charge is 0.278 e. The molecule has 0 spiro atoms. The first-order valence-electron chi connectivity index (χ1n) is 5.46. The molecule has 6 nitrogen and oxygen atoms in total. The number of H-pyrrole nitrogens is 1. The summed E-state index contributed by atoms with van der Waals surface area (Å²) in [5.74, 6) is -0.0813. The molecule has 1 aromatic carbocycles. The molecule has 0 atom stereocenters. The van der Waals surface area contributed by atoms with Crippen molar-refractivity contribution in [3.8, 4) is 0 Å². The van der Waals surface area contributed by atoms with Crippen molar-refractivity contribution in [3.05, 3.63) is 41.6 Å². The number of aromatic amines is 1. The number of anilines is 1. The van der Waals surface area contributed by atoms with Crippen molar-refractivity contribution in [2.75, 3.05) is 4.72 Å². The first-order chi connectivity index (χ1) is 8.94. The summed E-state index contributed by atoms with van der Waals surface area (Å²) in [5.41, 5.74) is 5.65. The van der Waals surface area contributed by atoms with Gasteiger partial charge in [0.2, 0.25) is 0 Å². The van der Waals surface area contributed by atoms with E-state index < -0.39 is 15.8 Å². The highest BCUT2D eigenvalue weighted by atomic mass is 32.2. The zero-order chi connectivity index (χ0) is 14.0. The minimum Gasteiger partial charge on any atom is -0.332 e. The topological polar surface area (TPSA) is 101 Å². The number of imidazole rings is 1. The van der Waals surface area contributed by atoms with E-state index in [-0.39, 0.29) is 22.8 Å². The van der Waals surface area contributed by atoms with Crippen LogP contribution in [0.15, 0.2) is 29.4 Å². The third-order valence-corrected chi connectivity index (χ3v) is 3.81. The number of benzene rings is 1. The van der Waals surface area contributed by atoms with E-state index in [1.54, 1.807) is 6.92 Å². The zero-order valence-corrected chi connectivity index (χ0v) is 11.0. The van der Waals surface area contributed by atoms with Crippen LogP contribution in [0.4, 0.5) is 10.1 Å². The van der Waals surface area contributed by atoms with E-state index in [0.717, 1.165) is 0 Å². The SMILES string of the molecule is Cc1ncc(S(=O)(=O)Nc2cccc(F)c2CN)[nH]1. The first-order valence-corrected chi connectivity index (χ1v) is 6.94. The van der Waals surface area contributed by atoms with E-state index in [0.29, 0.717) is 5.82 Å². The summed E-state index contributed by atoms with van der Waals surface area (Å²) in [6.07, 6.45) is 1.19. The number of aromatic nitrogens is 2. The van der Waals surface area contributed by atoms with E-state index >= 15 is 0 Å². The third kappa shape index (κ3) is 2.74. The fourth-order valence-corrected chi connectivity index (χ4v) is 2.66. The Labute approximate surface area is 109 Å². The van der Waals surface area contributed by atoms with E-state index in [1.807, 2.05) is 0 Å². The van der Waals surface area contributed by atoms with Crippen molar-refractivity contribution in [1.29, 1.82) is 0 Å². The van der Waals surface area contributed by atoms with Crippen LogP contribution in [0.1, 0.15) is 11.4 Å². The molecular formula is C11H13FN4O2S. The highest BCUT2D eigenvalue weighted by Gasteiger charge is 2.19. The van der Waals surface area contributed by atoms with Crippen LogP contribution in [-0.2, 0) is 16.6 Å². The van der Waals surface area contributed by atoms with Crippen LogP contribution in [-0.4, -0.2) is 18.4 Å². The van der Waals surface area contributed by atoms with Gasteiger partial charge in [-0.05, 0) is 19.1 Å². The lowest BCUT2D eigenvalue weighted by atomic mass is 10.2. The van der Waals surface area contributed by atoms with E-state index in [2.05, 4.69) is 14.7 Å². The Morgan fingerprint density at radius 1 is 1.47 bits per heavy atom. The average Bonchev–Trinajstić information content (AvgIpc) is 2.76. The maximum Gasteiger partial charge on any atom is 0.278 e. The highest BCUT2D eigenvalue weighted by Crippen LogP contribution is 2.21. The monoisotopic (exact) mass is 284 g/mol. The molecule has 2 aromatic rings. The first kappa shape index (κ1) is 13.5. The lowest BCUT2D eigenvalue weighted by Gasteiger charge is -2.11. The van der Waals surface area contributed by atoms with Crippen molar-refractivity contribution >= 4 is 15.7 Å². The van der Waals surface area contributed by atoms with Gasteiger partial charge in [-0.25, -0.2) is 9.37 Å². The maximum atomic E-state index is 13.5. The molecule has 1 heterocycles. The number of nitrogens with zero attached hydrogens (tertiary/aromatic N) is 1. The zero-order valence-electron chi connectivity index (χ0n) is 10.1. The van der Waals surface area contributed by atoms with Gasteiger partial charge in [0.05, 0.1) is 11.9 Å². The van der Waals surface area contributed by atoms with Gasteiger partial charge in [-0.15, -0.1) is 0 Å². The number of aryl methyl sites for hydroxylation is 1. The highest BCUT2D eigenvalue weighted by molar-refractivity contribution is 7.92. The summed E-state index contributed by atoms with van der Waals surface area (Å²) < 4.78 is 39.9. The molecule has 0 aliphatic rings. The average molecular weight is 284 g/mol. The molecule has 0 saturated heterocycles. The molecule has 4 N–H and O–H groups in total. The fraction of sp³-hybridized carbons (Fsp3) is 0.182. The predicted octanol–water partition coefficient (Wildman–Crippen LogP) is 1.12. The second-order valence-electron chi connectivity index (χ2n) is 3.91. The molecule has 8 heteroatoms. The van der Waals surface area contributed by atoms with Gasteiger partial charge in [0.1, 0.15) is 11.6 Å². The Morgan fingerprint density at radius 2 is 2.21 bits per heavy atom. The molecule has 2 rings (SSSR count). The molecule has 1 aromatic heterocycles. The number of nitrogens with two attached hydrogens (primary N) is 1. The molecule has 0 fully saturated rings. The van der Waals surface area contributed by atoms with Gasteiger partial charge in [-0.2, -0.15) is 8.42 Å². The number of sulfonamides is 1. The summed E-state index contributed by atoms with van der Waals surface area (Å²) in [4.78, 5) is 6.41. The van der Waals surface area contributed by atoms with Crippen LogP contribution < -0.4 is 10.5 Å². The molecule has 0 aliphatic heterocycles. The van der Waals surface area contributed by atoms with Gasteiger partial charge >= 0.3 is 0 Å². The van der Waals surface area contributed by atoms with E-state index in [9.17, 15) is 12.8 Å². The van der Waals surface area contributed by atoms with Crippen LogP contribution in [0.2, 0.25) is 0 Å². The van der Waals surface area contributed by atoms with E-state index in [1.165, 1.54) is 24.4 Å². The molecule has 102 valence electrons. The summed E-state index contributed by atoms with van der Waals surface area (Å²) in [6, 6.07) is 4.08. The summed E-state index contributed by atoms with van der Waals surface area (Å²) in [6.45, 7) is 1.53. The number of hydrogen-bond acceptors (Lipinski definition) is 4. The van der Waals surface area contributed by atoms with Crippen LogP contribution >= 0.6 is 0 Å². The molecular weight excluding hydrogens is 271 g/mol. The van der Waals surface area contributed by atoms with Crippen LogP contribution in [0.3, 0.4) is 0 Å². The van der Waals surface area contributed by atoms with Crippen LogP contribution in [0.25, 0.3) is 0 Å². The molecule has 0 amide bonds. The molecule has 0 unspecified atom stereocenters. The molecule has 0 bridgehead atoms. The lowest BCUT2D eigenvalue weighted by molar-refractivity contribution is 0.597. The molecule has 0 saturated carbocycles. The molecule has 0 radical (unpaired) electrons. The Balaban J connectivity index is 2.38. The van der Waals surface area contributed by atoms with Gasteiger partial charge in [-0.1, -0.05) is 6.07 Å². The Bertz CT molecular complexity index is 696. The number of hydrogen-bond donors (Lipinski definition) is 3. The summed E-state index contributed by atoms with van der Waals surface area (Å²) >= 11 is 0. The van der Waals surface area contributed by atoms with E-state index in [4.69, 9.17) is 5.73 Å². The number of halogens is 1. The largest absolute Gasteiger partial charge is 0.332 e. The minimum atomic E-state index is -3.83. The second-order valence-corrected chi connectivity index (χ2v) is 5.56. The molecule has 19 heavy (non-hydrogen) atoms. The summed E-state index contributed by atoms with van der Waals surface area (Å²) in [7, 11) is -3.83. The Hall–Kier alpha value is -1.93. The standard InChI is InChI=1S/C11H13FN4O2S/c1-7-14-6-11(15-7)19(17,18)16-10-4-2-3-9(12)8(10)5-13/h2-4,6,16H,5,13H2,1H3,(H,14,15). The van der Waals surface area contributed by atoms with Crippen molar-refractivity contribution in [2.45, 2.75) is 18.5 Å². The number of rotatable bonds is 4. The van der Waals surface area contributed by atoms with Gasteiger partial charge in [0, 0.05) is 12.1 Å². The van der Waals surface area contributed by atoms with Crippen molar-refractivity contribution in [1.82, 2.24) is 9.97 Å². The lowest BCUT2D eigenvalue weighted by Crippen LogP contribution is -2.16. The van der Waals surface area contributed by atoms with Crippen molar-refractivity contribution in [2.24, 2.45) is 5.73 Å². The Morgan fingerprint density at radius 3 is 2.79 bits per heavy atom. The van der Waals surface area contributed by atoms with Gasteiger partial charge < -0.3 is 10.7 Å². The molecule has 0 aliphatic carbocycles. The van der Waals surface area contributed by atoms with Crippen molar-refractivity contribution in [3.63, 3.8) is 0 Å². The Kier molecular flexibility index (Phi) is 3.54. The van der Waals surface area contributed by atoms with Gasteiger partial charge in [0.25, 0.3) is 10.0 Å². The summed E-state index contributed by atoms with van der Waals surface area (Å²) in [5, 5.41) is -0.0859. The van der Waals surface area contributed by atoms with Crippen LogP contribution in [0.5, 0.6) is 0 Å². The minimum absolute atomic E-state index is 0.0859. The fourth-order valence-electron chi connectivity index (χ4n) is 1.60.